The molecule has 7 nitrogen and oxygen atoms in total. The first kappa shape index (κ1) is 11.3. The van der Waals surface area contributed by atoms with Gasteiger partial charge in [0.25, 0.3) is 0 Å². The predicted molar refractivity (Wildman–Crippen MR) is 58.4 cm³/mol. The molecule has 0 saturated heterocycles. The number of carbonyl (C=O) groups excluding carboxylic acids is 1. The average Bonchev–Trinajstić information content (AvgIpc) is 3.00. The minimum absolute atomic E-state index is 0.178. The van der Waals surface area contributed by atoms with Gasteiger partial charge < -0.3 is 4.74 Å². The van der Waals surface area contributed by atoms with E-state index < -0.39 is 5.97 Å². The Labute approximate surface area is 97.8 Å². The fourth-order valence-electron chi connectivity index (χ4n) is 1.52. The summed E-state index contributed by atoms with van der Waals surface area (Å²) in [4.78, 5) is 11.6. The molecule has 90 valence electrons. The second-order valence-corrected chi connectivity index (χ2v) is 3.44. The average molecular weight is 235 g/mol. The van der Waals surface area contributed by atoms with Crippen LogP contribution in [0.4, 0.5) is 0 Å². The van der Waals surface area contributed by atoms with Crippen LogP contribution in [0.5, 0.6) is 0 Å². The van der Waals surface area contributed by atoms with E-state index in [0.717, 1.165) is 0 Å². The van der Waals surface area contributed by atoms with E-state index >= 15 is 0 Å². The van der Waals surface area contributed by atoms with Gasteiger partial charge in [0.1, 0.15) is 5.69 Å². The maximum Gasteiger partial charge on any atom is 0.360 e. The van der Waals surface area contributed by atoms with Gasteiger partial charge in [-0.3, -0.25) is 4.68 Å². The predicted octanol–water partition coefficient (Wildman–Crippen LogP) is 0.787. The van der Waals surface area contributed by atoms with Crippen LogP contribution in [0.25, 0.3) is 0 Å². The number of nitrogens with zero attached hydrogens (tertiary/aromatic N) is 4. The Bertz CT molecular complexity index is 491. The highest BCUT2D eigenvalue weighted by Gasteiger charge is 2.23. The van der Waals surface area contributed by atoms with E-state index in [0.29, 0.717) is 12.3 Å². The molecule has 0 fully saturated rings. The van der Waals surface area contributed by atoms with Gasteiger partial charge >= 0.3 is 5.97 Å². The van der Waals surface area contributed by atoms with Crippen molar-refractivity contribution in [1.82, 2.24) is 25.2 Å². The molecule has 7 heteroatoms. The van der Waals surface area contributed by atoms with E-state index in [4.69, 9.17) is 4.74 Å². The van der Waals surface area contributed by atoms with Crippen molar-refractivity contribution in [2.75, 3.05) is 6.61 Å². The Balaban J connectivity index is 2.27. The summed E-state index contributed by atoms with van der Waals surface area (Å²) in [6.07, 6.45) is 3.47. The standard InChI is InChI=1S/C10H13N5O2/c1-3-17-10(16)9-8(12-14-13-9)7(2)15-6-4-5-11-15/h4-7H,3H2,1-2H3,(H,12,13,14). The zero-order valence-electron chi connectivity index (χ0n) is 9.62. The first-order chi connectivity index (χ1) is 8.24. The SMILES string of the molecule is CCOC(=O)c1n[nH]nc1C(C)n1cccn1. The molecular formula is C10H13N5O2. The third-order valence-electron chi connectivity index (χ3n) is 2.36. The molecule has 2 aromatic rings. The Morgan fingerprint density at radius 2 is 2.41 bits per heavy atom. The number of ether oxygens (including phenoxy) is 1. The van der Waals surface area contributed by atoms with E-state index in [2.05, 4.69) is 20.5 Å². The summed E-state index contributed by atoms with van der Waals surface area (Å²) in [5.41, 5.74) is 0.724. The minimum Gasteiger partial charge on any atom is -0.461 e. The van der Waals surface area contributed by atoms with Gasteiger partial charge in [0.2, 0.25) is 0 Å². The summed E-state index contributed by atoms with van der Waals surface area (Å²) < 4.78 is 6.60. The van der Waals surface area contributed by atoms with Crippen molar-refractivity contribution in [3.05, 3.63) is 29.8 Å². The van der Waals surface area contributed by atoms with Crippen LogP contribution >= 0.6 is 0 Å². The first-order valence-corrected chi connectivity index (χ1v) is 5.31. The normalized spacial score (nSPS) is 12.4. The molecule has 1 atom stereocenters. The lowest BCUT2D eigenvalue weighted by Crippen LogP contribution is -2.14. The highest BCUT2D eigenvalue weighted by Crippen LogP contribution is 2.17. The van der Waals surface area contributed by atoms with Crippen molar-refractivity contribution < 1.29 is 9.53 Å². The largest absolute Gasteiger partial charge is 0.461 e. The summed E-state index contributed by atoms with van der Waals surface area (Å²) in [7, 11) is 0. The van der Waals surface area contributed by atoms with Crippen molar-refractivity contribution in [3.63, 3.8) is 0 Å². The zero-order valence-corrected chi connectivity index (χ0v) is 9.62. The number of H-pyrrole nitrogens is 1. The Kier molecular flexibility index (Phi) is 3.17. The van der Waals surface area contributed by atoms with E-state index in [9.17, 15) is 4.79 Å². The lowest BCUT2D eigenvalue weighted by molar-refractivity contribution is 0.0517. The number of aromatic amines is 1. The van der Waals surface area contributed by atoms with Crippen LogP contribution in [0.15, 0.2) is 18.5 Å². The minimum atomic E-state index is -0.477. The summed E-state index contributed by atoms with van der Waals surface area (Å²) >= 11 is 0. The molecule has 0 bridgehead atoms. The van der Waals surface area contributed by atoms with Gasteiger partial charge in [0, 0.05) is 12.4 Å². The highest BCUT2D eigenvalue weighted by atomic mass is 16.5. The molecule has 0 aliphatic rings. The molecule has 1 unspecified atom stereocenters. The number of hydrogen-bond acceptors (Lipinski definition) is 5. The third kappa shape index (κ3) is 2.17. The van der Waals surface area contributed by atoms with Crippen LogP contribution in [0.3, 0.4) is 0 Å². The Morgan fingerprint density at radius 1 is 1.59 bits per heavy atom. The van der Waals surface area contributed by atoms with Crippen molar-refractivity contribution >= 4 is 5.97 Å². The third-order valence-corrected chi connectivity index (χ3v) is 2.36. The van der Waals surface area contributed by atoms with Crippen LogP contribution in [0.1, 0.15) is 36.1 Å². The maximum atomic E-state index is 11.6. The molecular weight excluding hydrogens is 222 g/mol. The molecule has 0 radical (unpaired) electrons. The fraction of sp³-hybridized carbons (Fsp3) is 0.400. The molecule has 17 heavy (non-hydrogen) atoms. The summed E-state index contributed by atoms with van der Waals surface area (Å²) in [5.74, 6) is -0.477. The molecule has 2 aromatic heterocycles. The van der Waals surface area contributed by atoms with Gasteiger partial charge in [-0.1, -0.05) is 0 Å². The van der Waals surface area contributed by atoms with Gasteiger partial charge in [-0.2, -0.15) is 15.4 Å². The smallest absolute Gasteiger partial charge is 0.360 e. The van der Waals surface area contributed by atoms with E-state index in [1.54, 1.807) is 30.1 Å². The molecule has 0 amide bonds. The summed E-state index contributed by atoms with van der Waals surface area (Å²) in [5, 5.41) is 14.3. The van der Waals surface area contributed by atoms with Crippen molar-refractivity contribution in [2.45, 2.75) is 19.9 Å². The van der Waals surface area contributed by atoms with E-state index in [-0.39, 0.29) is 11.7 Å². The molecule has 2 heterocycles. The van der Waals surface area contributed by atoms with E-state index in [1.165, 1.54) is 0 Å². The number of esters is 1. The maximum absolute atomic E-state index is 11.6. The van der Waals surface area contributed by atoms with Gasteiger partial charge in [-0.05, 0) is 19.9 Å². The molecule has 0 aliphatic carbocycles. The first-order valence-electron chi connectivity index (χ1n) is 5.31. The van der Waals surface area contributed by atoms with Crippen LogP contribution in [-0.2, 0) is 4.74 Å². The summed E-state index contributed by atoms with van der Waals surface area (Å²) in [6.45, 7) is 3.93. The number of aromatic nitrogens is 5. The second-order valence-electron chi connectivity index (χ2n) is 3.44. The van der Waals surface area contributed by atoms with Crippen molar-refractivity contribution in [1.29, 1.82) is 0 Å². The Hall–Kier alpha value is -2.18. The van der Waals surface area contributed by atoms with Crippen LogP contribution in [0, 0.1) is 0 Å². The van der Waals surface area contributed by atoms with Crippen LogP contribution in [-0.4, -0.2) is 37.8 Å². The molecule has 1 N–H and O–H groups in total. The lowest BCUT2D eigenvalue weighted by atomic mass is 10.2. The van der Waals surface area contributed by atoms with Crippen LogP contribution < -0.4 is 0 Å². The number of hydrogen-bond donors (Lipinski definition) is 1. The molecule has 0 aliphatic heterocycles. The van der Waals surface area contributed by atoms with Crippen LogP contribution in [0.2, 0.25) is 0 Å². The molecule has 0 saturated carbocycles. The quantitative estimate of drug-likeness (QED) is 0.792. The Morgan fingerprint density at radius 3 is 3.06 bits per heavy atom. The van der Waals surface area contributed by atoms with Gasteiger partial charge in [-0.25, -0.2) is 4.79 Å². The zero-order chi connectivity index (χ0) is 12.3. The molecule has 2 rings (SSSR count). The number of nitrogens with one attached hydrogen (secondary N) is 1. The van der Waals surface area contributed by atoms with E-state index in [1.807, 2.05) is 6.92 Å². The molecule has 0 spiro atoms. The van der Waals surface area contributed by atoms with Gasteiger partial charge in [0.15, 0.2) is 5.69 Å². The topological polar surface area (TPSA) is 85.7 Å². The highest BCUT2D eigenvalue weighted by molar-refractivity contribution is 5.88. The monoisotopic (exact) mass is 235 g/mol. The fourth-order valence-corrected chi connectivity index (χ4v) is 1.52. The number of rotatable bonds is 4. The van der Waals surface area contributed by atoms with Gasteiger partial charge in [-0.15, -0.1) is 5.10 Å². The molecule has 0 aromatic carbocycles. The second kappa shape index (κ2) is 4.77. The van der Waals surface area contributed by atoms with Crippen molar-refractivity contribution in [2.24, 2.45) is 0 Å². The van der Waals surface area contributed by atoms with Crippen molar-refractivity contribution in [3.8, 4) is 0 Å². The summed E-state index contributed by atoms with van der Waals surface area (Å²) in [6, 6.07) is 1.63. The number of carbonyl (C=O) groups is 1. The van der Waals surface area contributed by atoms with Gasteiger partial charge in [0.05, 0.1) is 12.6 Å². The lowest BCUT2D eigenvalue weighted by Gasteiger charge is -2.09.